The highest BCUT2D eigenvalue weighted by atomic mass is 16.5. The zero-order valence-electron chi connectivity index (χ0n) is 11.7. The number of methoxy groups -OCH3 is 1. The number of ether oxygens (including phenoxy) is 1. The third-order valence-electron chi connectivity index (χ3n) is 3.02. The van der Waals surface area contributed by atoms with Gasteiger partial charge in [-0.2, -0.15) is 5.26 Å². The summed E-state index contributed by atoms with van der Waals surface area (Å²) in [4.78, 5) is 0. The number of nitriles is 1. The quantitative estimate of drug-likeness (QED) is 0.837. The van der Waals surface area contributed by atoms with Gasteiger partial charge in [0.15, 0.2) is 0 Å². The van der Waals surface area contributed by atoms with Gasteiger partial charge in [0.25, 0.3) is 0 Å². The first-order valence-corrected chi connectivity index (χ1v) is 6.31. The summed E-state index contributed by atoms with van der Waals surface area (Å²) in [6.07, 6.45) is 0.960. The first kappa shape index (κ1) is 14.5. The zero-order chi connectivity index (χ0) is 13.6. The second-order valence-electron chi connectivity index (χ2n) is 5.08. The Morgan fingerprint density at radius 3 is 2.61 bits per heavy atom. The van der Waals surface area contributed by atoms with Crippen LogP contribution in [0.25, 0.3) is 0 Å². The molecule has 0 heterocycles. The van der Waals surface area contributed by atoms with E-state index in [0.29, 0.717) is 6.54 Å². The number of nitrogens with zero attached hydrogens (tertiary/aromatic N) is 1. The first-order chi connectivity index (χ1) is 8.54. The lowest BCUT2D eigenvalue weighted by Gasteiger charge is -2.24. The van der Waals surface area contributed by atoms with Gasteiger partial charge in [-0.1, -0.05) is 25.1 Å². The zero-order valence-corrected chi connectivity index (χ0v) is 11.7. The fraction of sp³-hybridized carbons (Fsp3) is 0.533. The molecule has 0 aliphatic heterocycles. The normalized spacial score (nSPS) is 12.8. The minimum Gasteiger partial charge on any atom is -0.496 e. The second kappa shape index (κ2) is 6.42. The van der Waals surface area contributed by atoms with Crippen molar-refractivity contribution in [2.24, 2.45) is 5.41 Å². The molecule has 0 bridgehead atoms. The minimum absolute atomic E-state index is 0.216. The molecule has 1 unspecified atom stereocenters. The molecule has 0 fully saturated rings. The number of benzene rings is 1. The van der Waals surface area contributed by atoms with Crippen LogP contribution in [0.4, 0.5) is 0 Å². The van der Waals surface area contributed by atoms with E-state index in [1.807, 2.05) is 32.0 Å². The summed E-state index contributed by atoms with van der Waals surface area (Å²) in [5.41, 5.74) is 0.798. The third-order valence-corrected chi connectivity index (χ3v) is 3.02. The van der Waals surface area contributed by atoms with E-state index in [0.717, 1.165) is 17.7 Å². The minimum atomic E-state index is -0.352. The van der Waals surface area contributed by atoms with E-state index in [1.54, 1.807) is 7.11 Å². The summed E-state index contributed by atoms with van der Waals surface area (Å²) >= 11 is 0. The van der Waals surface area contributed by atoms with Gasteiger partial charge in [-0.3, -0.25) is 0 Å². The number of para-hydroxylation sites is 1. The van der Waals surface area contributed by atoms with Crippen molar-refractivity contribution in [1.82, 2.24) is 5.32 Å². The SMILES string of the molecule is CCC(NCC(C)(C)C#N)c1ccccc1OC. The molecule has 0 aliphatic rings. The number of nitrogens with one attached hydrogen (secondary N) is 1. The predicted molar refractivity (Wildman–Crippen MR) is 73.4 cm³/mol. The maximum absolute atomic E-state index is 9.04. The fourth-order valence-electron chi connectivity index (χ4n) is 1.85. The number of hydrogen-bond acceptors (Lipinski definition) is 3. The van der Waals surface area contributed by atoms with Crippen molar-refractivity contribution in [3.63, 3.8) is 0 Å². The maximum atomic E-state index is 9.04. The summed E-state index contributed by atoms with van der Waals surface area (Å²) in [6.45, 7) is 6.67. The molecule has 3 heteroatoms. The molecule has 3 nitrogen and oxygen atoms in total. The Labute approximate surface area is 110 Å². The molecular formula is C15H22N2O. The van der Waals surface area contributed by atoms with Crippen LogP contribution >= 0.6 is 0 Å². The van der Waals surface area contributed by atoms with Crippen LogP contribution in [0.15, 0.2) is 24.3 Å². The number of rotatable bonds is 6. The largest absolute Gasteiger partial charge is 0.496 e. The Morgan fingerprint density at radius 2 is 2.06 bits per heavy atom. The molecule has 1 atom stereocenters. The maximum Gasteiger partial charge on any atom is 0.123 e. The average molecular weight is 246 g/mol. The van der Waals surface area contributed by atoms with Gasteiger partial charge in [0.05, 0.1) is 18.6 Å². The molecule has 1 aromatic carbocycles. The van der Waals surface area contributed by atoms with E-state index in [9.17, 15) is 0 Å². The van der Waals surface area contributed by atoms with E-state index >= 15 is 0 Å². The van der Waals surface area contributed by atoms with Crippen molar-refractivity contribution in [1.29, 1.82) is 5.26 Å². The van der Waals surface area contributed by atoms with Crippen LogP contribution in [0.3, 0.4) is 0 Å². The standard InChI is InChI=1S/C15H22N2O/c1-5-13(17-11-15(2,3)10-16)12-8-6-7-9-14(12)18-4/h6-9,13,17H,5,11H2,1-4H3. The third kappa shape index (κ3) is 3.75. The second-order valence-corrected chi connectivity index (χ2v) is 5.08. The highest BCUT2D eigenvalue weighted by Gasteiger charge is 2.20. The van der Waals surface area contributed by atoms with Crippen molar-refractivity contribution in [2.75, 3.05) is 13.7 Å². The molecule has 1 rings (SSSR count). The summed E-state index contributed by atoms with van der Waals surface area (Å²) in [5.74, 6) is 0.895. The molecule has 18 heavy (non-hydrogen) atoms. The Bertz CT molecular complexity index is 421. The van der Waals surface area contributed by atoms with Gasteiger partial charge in [0.2, 0.25) is 0 Å². The van der Waals surface area contributed by atoms with E-state index in [4.69, 9.17) is 10.00 Å². The monoisotopic (exact) mass is 246 g/mol. The van der Waals surface area contributed by atoms with Crippen molar-refractivity contribution < 1.29 is 4.74 Å². The molecule has 0 radical (unpaired) electrons. The predicted octanol–water partition coefficient (Wildman–Crippen LogP) is 3.29. The van der Waals surface area contributed by atoms with E-state index in [2.05, 4.69) is 24.4 Å². The van der Waals surface area contributed by atoms with Crippen molar-refractivity contribution in [3.05, 3.63) is 29.8 Å². The number of hydrogen-bond donors (Lipinski definition) is 1. The lowest BCUT2D eigenvalue weighted by Crippen LogP contribution is -2.31. The van der Waals surface area contributed by atoms with E-state index < -0.39 is 0 Å². The van der Waals surface area contributed by atoms with Crippen LogP contribution in [0.2, 0.25) is 0 Å². The molecule has 98 valence electrons. The molecule has 0 aliphatic carbocycles. The van der Waals surface area contributed by atoms with Crippen LogP contribution in [-0.2, 0) is 0 Å². The van der Waals surface area contributed by atoms with Gasteiger partial charge in [0, 0.05) is 18.2 Å². The Morgan fingerprint density at radius 1 is 1.39 bits per heavy atom. The molecule has 0 amide bonds. The molecular weight excluding hydrogens is 224 g/mol. The highest BCUT2D eigenvalue weighted by molar-refractivity contribution is 5.35. The van der Waals surface area contributed by atoms with Crippen LogP contribution in [0, 0.1) is 16.7 Å². The van der Waals surface area contributed by atoms with Crippen LogP contribution < -0.4 is 10.1 Å². The lowest BCUT2D eigenvalue weighted by molar-refractivity contribution is 0.374. The molecule has 1 N–H and O–H groups in total. The van der Waals surface area contributed by atoms with Crippen LogP contribution in [0.5, 0.6) is 5.75 Å². The topological polar surface area (TPSA) is 45.0 Å². The Balaban J connectivity index is 2.81. The summed E-state index contributed by atoms with van der Waals surface area (Å²) in [7, 11) is 1.69. The highest BCUT2D eigenvalue weighted by Crippen LogP contribution is 2.27. The van der Waals surface area contributed by atoms with Crippen molar-refractivity contribution >= 4 is 0 Å². The molecule has 0 spiro atoms. The lowest BCUT2D eigenvalue weighted by atomic mass is 9.94. The van der Waals surface area contributed by atoms with Crippen molar-refractivity contribution in [3.8, 4) is 11.8 Å². The fourth-order valence-corrected chi connectivity index (χ4v) is 1.85. The Kier molecular flexibility index (Phi) is 5.18. The smallest absolute Gasteiger partial charge is 0.123 e. The van der Waals surface area contributed by atoms with Gasteiger partial charge in [0.1, 0.15) is 5.75 Å². The van der Waals surface area contributed by atoms with Crippen LogP contribution in [-0.4, -0.2) is 13.7 Å². The van der Waals surface area contributed by atoms with Gasteiger partial charge in [-0.15, -0.1) is 0 Å². The van der Waals surface area contributed by atoms with Crippen molar-refractivity contribution in [2.45, 2.75) is 33.2 Å². The average Bonchev–Trinajstić information content (AvgIpc) is 2.40. The van der Waals surface area contributed by atoms with Gasteiger partial charge < -0.3 is 10.1 Å². The summed E-state index contributed by atoms with van der Waals surface area (Å²) in [5, 5.41) is 12.5. The molecule has 0 saturated heterocycles. The van der Waals surface area contributed by atoms with Crippen LogP contribution in [0.1, 0.15) is 38.8 Å². The summed E-state index contributed by atoms with van der Waals surface area (Å²) in [6, 6.07) is 10.5. The van der Waals surface area contributed by atoms with Gasteiger partial charge in [-0.25, -0.2) is 0 Å². The molecule has 0 aromatic heterocycles. The molecule has 1 aromatic rings. The van der Waals surface area contributed by atoms with Gasteiger partial charge in [-0.05, 0) is 26.3 Å². The molecule has 0 saturated carbocycles. The summed E-state index contributed by atoms with van der Waals surface area (Å²) < 4.78 is 5.38. The van der Waals surface area contributed by atoms with Gasteiger partial charge >= 0.3 is 0 Å². The van der Waals surface area contributed by atoms with E-state index in [1.165, 1.54) is 0 Å². The van der Waals surface area contributed by atoms with E-state index in [-0.39, 0.29) is 11.5 Å². The first-order valence-electron chi connectivity index (χ1n) is 6.31. The Hall–Kier alpha value is -1.53.